The number of aryl methyl sites for hydroxylation is 1. The summed E-state index contributed by atoms with van der Waals surface area (Å²) in [6, 6.07) is 5.82. The molecule has 0 N–H and O–H groups in total. The van der Waals surface area contributed by atoms with E-state index >= 15 is 0 Å². The van der Waals surface area contributed by atoms with E-state index < -0.39 is 0 Å². The van der Waals surface area contributed by atoms with Gasteiger partial charge in [-0.1, -0.05) is 19.9 Å². The summed E-state index contributed by atoms with van der Waals surface area (Å²) >= 11 is 1.26. The second kappa shape index (κ2) is 10.0. The van der Waals surface area contributed by atoms with E-state index in [0.717, 1.165) is 25.3 Å². The minimum Gasteiger partial charge on any atom is -0.353 e. The molecule has 0 bridgehead atoms. The number of fused-ring (bicyclic) bond motifs is 1. The predicted octanol–water partition coefficient (Wildman–Crippen LogP) is 2.63. The molecule has 190 valence electrons. The maximum absolute atomic E-state index is 13.4. The smallest absolute Gasteiger partial charge is 0.264 e. The van der Waals surface area contributed by atoms with Gasteiger partial charge in [-0.15, -0.1) is 11.3 Å². The molecule has 2 amide bonds. The van der Waals surface area contributed by atoms with Crippen molar-refractivity contribution in [1.29, 1.82) is 0 Å². The van der Waals surface area contributed by atoms with E-state index in [1.165, 1.54) is 22.2 Å². The first kappa shape index (κ1) is 24.4. The molecule has 0 aromatic carbocycles. The number of piperazine rings is 1. The molecule has 2 atom stereocenters. The van der Waals surface area contributed by atoms with Crippen molar-refractivity contribution in [3.63, 3.8) is 0 Å². The Morgan fingerprint density at radius 1 is 1.03 bits per heavy atom. The number of hydrogen-bond acceptors (Lipinski definition) is 7. The molecule has 0 spiro atoms. The molecule has 2 aliphatic rings. The fourth-order valence-electron chi connectivity index (χ4n) is 5.41. The second-order valence-electron chi connectivity index (χ2n) is 10.1. The fourth-order valence-corrected chi connectivity index (χ4v) is 6.52. The second-order valence-corrected chi connectivity index (χ2v) is 11.1. The van der Waals surface area contributed by atoms with Crippen molar-refractivity contribution in [1.82, 2.24) is 24.3 Å². The van der Waals surface area contributed by atoms with Gasteiger partial charge in [-0.3, -0.25) is 19.0 Å². The maximum atomic E-state index is 13.4. The van der Waals surface area contributed by atoms with E-state index in [9.17, 15) is 14.4 Å². The van der Waals surface area contributed by atoms with Crippen LogP contribution in [0, 0.1) is 18.8 Å². The maximum Gasteiger partial charge on any atom is 0.264 e. The van der Waals surface area contributed by atoms with Gasteiger partial charge in [0, 0.05) is 45.5 Å². The van der Waals surface area contributed by atoms with E-state index in [0.29, 0.717) is 58.7 Å². The summed E-state index contributed by atoms with van der Waals surface area (Å²) < 4.78 is 1.38. The summed E-state index contributed by atoms with van der Waals surface area (Å²) in [6.45, 7) is 10.1. The van der Waals surface area contributed by atoms with Gasteiger partial charge in [0.05, 0.1) is 16.6 Å². The van der Waals surface area contributed by atoms with Crippen molar-refractivity contribution in [2.24, 2.45) is 11.8 Å². The Morgan fingerprint density at radius 3 is 2.42 bits per heavy atom. The number of amides is 2. The summed E-state index contributed by atoms with van der Waals surface area (Å²) in [4.78, 5) is 55.5. The Hall–Kier alpha value is -3.27. The number of aromatic nitrogens is 3. The summed E-state index contributed by atoms with van der Waals surface area (Å²) in [5.74, 6) is 1.68. The summed E-state index contributed by atoms with van der Waals surface area (Å²) in [6.07, 6.45) is 4.32. The van der Waals surface area contributed by atoms with Crippen LogP contribution in [0.15, 0.2) is 35.5 Å². The Balaban J connectivity index is 1.32. The number of carbonyl (C=O) groups is 2. The molecule has 9 nitrogen and oxygen atoms in total. The number of piperidine rings is 1. The van der Waals surface area contributed by atoms with Crippen molar-refractivity contribution in [3.8, 4) is 0 Å². The van der Waals surface area contributed by atoms with E-state index in [4.69, 9.17) is 0 Å². The fraction of sp³-hybridized carbons (Fsp3) is 0.500. The quantitative estimate of drug-likeness (QED) is 0.538. The third-order valence-electron chi connectivity index (χ3n) is 7.18. The lowest BCUT2D eigenvalue weighted by Crippen LogP contribution is -2.49. The first-order valence-corrected chi connectivity index (χ1v) is 13.3. The molecule has 3 aromatic rings. The largest absolute Gasteiger partial charge is 0.353 e. The van der Waals surface area contributed by atoms with Crippen molar-refractivity contribution in [2.75, 3.05) is 44.2 Å². The number of rotatable bonds is 4. The molecule has 0 unspecified atom stereocenters. The number of hydrogen-bond donors (Lipinski definition) is 0. The van der Waals surface area contributed by atoms with Gasteiger partial charge in [0.1, 0.15) is 17.2 Å². The molecule has 0 radical (unpaired) electrons. The first-order valence-electron chi connectivity index (χ1n) is 12.5. The van der Waals surface area contributed by atoms with Crippen LogP contribution in [0.3, 0.4) is 0 Å². The number of likely N-dealkylation sites (tertiary alicyclic amines) is 1. The van der Waals surface area contributed by atoms with Crippen molar-refractivity contribution in [3.05, 3.63) is 51.5 Å². The lowest BCUT2D eigenvalue weighted by atomic mass is 9.92. The van der Waals surface area contributed by atoms with Gasteiger partial charge in [-0.05, 0) is 42.9 Å². The molecule has 2 fully saturated rings. The Kier molecular flexibility index (Phi) is 6.79. The van der Waals surface area contributed by atoms with E-state index in [-0.39, 0.29) is 23.9 Å². The van der Waals surface area contributed by atoms with Gasteiger partial charge < -0.3 is 14.7 Å². The normalized spacial score (nSPS) is 20.7. The monoisotopic (exact) mass is 508 g/mol. The molecule has 2 saturated heterocycles. The number of nitrogens with zero attached hydrogens (tertiary/aromatic N) is 6. The van der Waals surface area contributed by atoms with Crippen molar-refractivity contribution < 1.29 is 9.59 Å². The van der Waals surface area contributed by atoms with Crippen molar-refractivity contribution >= 4 is 39.2 Å². The minimum absolute atomic E-state index is 0.0325. The van der Waals surface area contributed by atoms with Crippen LogP contribution in [0.1, 0.15) is 35.5 Å². The minimum atomic E-state index is -0.265. The Morgan fingerprint density at radius 2 is 1.75 bits per heavy atom. The summed E-state index contributed by atoms with van der Waals surface area (Å²) in [5.41, 5.74) is 0.380. The molecular formula is C26H32N6O3S. The van der Waals surface area contributed by atoms with E-state index in [1.54, 1.807) is 13.1 Å². The lowest BCUT2D eigenvalue weighted by Gasteiger charge is -2.35. The molecule has 36 heavy (non-hydrogen) atoms. The van der Waals surface area contributed by atoms with Gasteiger partial charge >= 0.3 is 0 Å². The van der Waals surface area contributed by atoms with Gasteiger partial charge in [0.25, 0.3) is 11.5 Å². The Labute approximate surface area is 214 Å². The van der Waals surface area contributed by atoms with Gasteiger partial charge in [-0.25, -0.2) is 9.97 Å². The number of pyridine rings is 1. The van der Waals surface area contributed by atoms with Gasteiger partial charge in [0.2, 0.25) is 5.91 Å². The zero-order valence-electron chi connectivity index (χ0n) is 21.0. The highest BCUT2D eigenvalue weighted by Gasteiger charge is 2.28. The number of thiophene rings is 1. The SMILES string of the molecule is Cc1c(C(=O)N2CCN(c3ccccn3)CC2)sc2ncn(CC(=O)N3C[C@H](C)C[C@H](C)C3)c(=O)c12. The number of anilines is 1. The highest BCUT2D eigenvalue weighted by atomic mass is 32.1. The Bertz CT molecular complexity index is 1320. The zero-order chi connectivity index (χ0) is 25.4. The van der Waals surface area contributed by atoms with Gasteiger partial charge in [-0.2, -0.15) is 0 Å². The molecule has 3 aromatic heterocycles. The first-order chi connectivity index (χ1) is 17.3. The standard InChI is InChI=1S/C26H32N6O3S/c1-17-12-18(2)14-31(13-17)21(33)15-32-16-28-24-22(25(32)34)19(3)23(36-24)26(35)30-10-8-29(9-11-30)20-6-4-5-7-27-20/h4-7,16-18H,8-15H2,1-3H3/t17-,18+. The van der Waals surface area contributed by atoms with Crippen LogP contribution >= 0.6 is 11.3 Å². The van der Waals surface area contributed by atoms with E-state index in [2.05, 4.69) is 28.7 Å². The third kappa shape index (κ3) is 4.74. The van der Waals surface area contributed by atoms with E-state index in [1.807, 2.05) is 28.0 Å². The van der Waals surface area contributed by atoms with Gasteiger partial charge in [0.15, 0.2) is 0 Å². The predicted molar refractivity (Wildman–Crippen MR) is 140 cm³/mol. The van der Waals surface area contributed by atoms with Crippen LogP contribution in [0.2, 0.25) is 0 Å². The molecule has 0 saturated carbocycles. The average molecular weight is 509 g/mol. The topological polar surface area (TPSA) is 91.6 Å². The third-order valence-corrected chi connectivity index (χ3v) is 8.37. The van der Waals surface area contributed by atoms with Crippen LogP contribution in [0.4, 0.5) is 5.82 Å². The molecule has 5 rings (SSSR count). The molecule has 5 heterocycles. The van der Waals surface area contributed by atoms with Crippen LogP contribution in [-0.4, -0.2) is 75.4 Å². The highest BCUT2D eigenvalue weighted by Crippen LogP contribution is 2.29. The molecule has 10 heteroatoms. The number of carbonyl (C=O) groups excluding carboxylic acids is 2. The zero-order valence-corrected chi connectivity index (χ0v) is 21.8. The lowest BCUT2D eigenvalue weighted by molar-refractivity contribution is -0.134. The van der Waals surface area contributed by atoms with Crippen LogP contribution in [0.5, 0.6) is 0 Å². The van der Waals surface area contributed by atoms with Crippen LogP contribution in [-0.2, 0) is 11.3 Å². The highest BCUT2D eigenvalue weighted by molar-refractivity contribution is 7.20. The van der Waals surface area contributed by atoms with Crippen LogP contribution in [0.25, 0.3) is 10.2 Å². The molecule has 0 aliphatic carbocycles. The average Bonchev–Trinajstić information content (AvgIpc) is 3.22. The summed E-state index contributed by atoms with van der Waals surface area (Å²) in [7, 11) is 0. The molecule has 2 aliphatic heterocycles. The summed E-state index contributed by atoms with van der Waals surface area (Å²) in [5, 5.41) is 0.436. The van der Waals surface area contributed by atoms with Crippen molar-refractivity contribution in [2.45, 2.75) is 33.7 Å². The van der Waals surface area contributed by atoms with Crippen LogP contribution < -0.4 is 10.5 Å². The molecular weight excluding hydrogens is 476 g/mol.